The molecule has 4 nitrogen and oxygen atoms in total. The van der Waals surface area contributed by atoms with E-state index in [0.29, 0.717) is 14.9 Å². The summed E-state index contributed by atoms with van der Waals surface area (Å²) in [4.78, 5) is 23.3. The van der Waals surface area contributed by atoms with E-state index in [1.54, 1.807) is 36.4 Å². The fourth-order valence-electron chi connectivity index (χ4n) is 1.67. The summed E-state index contributed by atoms with van der Waals surface area (Å²) < 4.78 is 0.689. The van der Waals surface area contributed by atoms with E-state index in [-0.39, 0.29) is 11.5 Å². The number of rotatable bonds is 4. The van der Waals surface area contributed by atoms with Crippen LogP contribution in [0, 0.1) is 10.1 Å². The van der Waals surface area contributed by atoms with Crippen LogP contribution >= 0.6 is 27.7 Å². The average molecular weight is 352 g/mol. The van der Waals surface area contributed by atoms with E-state index >= 15 is 0 Å². The van der Waals surface area contributed by atoms with E-state index in [9.17, 15) is 14.9 Å². The number of carbonyl (C=O) groups is 1. The second-order valence-electron chi connectivity index (χ2n) is 4.02. The number of para-hydroxylation sites is 1. The maximum absolute atomic E-state index is 11.4. The van der Waals surface area contributed by atoms with Gasteiger partial charge in [-0.2, -0.15) is 0 Å². The van der Waals surface area contributed by atoms with E-state index in [2.05, 4.69) is 15.9 Å². The molecule has 0 N–H and O–H groups in total. The highest BCUT2D eigenvalue weighted by atomic mass is 79.9. The van der Waals surface area contributed by atoms with Crippen molar-refractivity contribution in [3.8, 4) is 0 Å². The van der Waals surface area contributed by atoms with Gasteiger partial charge in [0.2, 0.25) is 0 Å². The molecule has 0 aliphatic heterocycles. The van der Waals surface area contributed by atoms with Crippen molar-refractivity contribution in [1.82, 2.24) is 0 Å². The van der Waals surface area contributed by atoms with Crippen molar-refractivity contribution >= 4 is 39.2 Å². The molecule has 2 aromatic carbocycles. The van der Waals surface area contributed by atoms with Crippen molar-refractivity contribution in [2.75, 3.05) is 0 Å². The Morgan fingerprint density at radius 3 is 2.55 bits per heavy atom. The summed E-state index contributed by atoms with van der Waals surface area (Å²) in [6.45, 7) is 1.49. The summed E-state index contributed by atoms with van der Waals surface area (Å²) in [6, 6.07) is 11.9. The predicted octanol–water partition coefficient (Wildman–Crippen LogP) is 4.71. The van der Waals surface area contributed by atoms with Crippen LogP contribution in [0.2, 0.25) is 0 Å². The quantitative estimate of drug-likeness (QED) is 0.454. The van der Waals surface area contributed by atoms with Crippen molar-refractivity contribution in [1.29, 1.82) is 0 Å². The Morgan fingerprint density at radius 1 is 1.25 bits per heavy atom. The number of carbonyl (C=O) groups excluding carboxylic acids is 1. The molecule has 0 aliphatic carbocycles. The number of nitrogens with zero attached hydrogens (tertiary/aromatic N) is 1. The molecule has 0 radical (unpaired) electrons. The van der Waals surface area contributed by atoms with Gasteiger partial charge in [0.25, 0.3) is 5.69 Å². The molecule has 0 spiro atoms. The highest BCUT2D eigenvalue weighted by Gasteiger charge is 2.14. The lowest BCUT2D eigenvalue weighted by atomic mass is 10.2. The van der Waals surface area contributed by atoms with Gasteiger partial charge in [-0.05, 0) is 31.2 Å². The van der Waals surface area contributed by atoms with Crippen LogP contribution in [-0.4, -0.2) is 10.7 Å². The molecule has 0 heterocycles. The van der Waals surface area contributed by atoms with Crippen LogP contribution in [0.15, 0.2) is 56.7 Å². The third kappa shape index (κ3) is 3.26. The van der Waals surface area contributed by atoms with Crippen molar-refractivity contribution < 1.29 is 9.72 Å². The van der Waals surface area contributed by atoms with Gasteiger partial charge in [-0.25, -0.2) is 0 Å². The largest absolute Gasteiger partial charge is 0.294 e. The van der Waals surface area contributed by atoms with Crippen molar-refractivity contribution in [2.24, 2.45) is 0 Å². The third-order valence-electron chi connectivity index (χ3n) is 2.61. The summed E-state index contributed by atoms with van der Waals surface area (Å²) in [5.41, 5.74) is 0.668. The van der Waals surface area contributed by atoms with Crippen LogP contribution in [-0.2, 0) is 0 Å². The molecule has 6 heteroatoms. The van der Waals surface area contributed by atoms with Gasteiger partial charge in [0.1, 0.15) is 0 Å². The van der Waals surface area contributed by atoms with Crippen LogP contribution in [0.25, 0.3) is 0 Å². The molecule has 0 aromatic heterocycles. The van der Waals surface area contributed by atoms with Crippen LogP contribution in [0.3, 0.4) is 0 Å². The number of benzene rings is 2. The summed E-state index contributed by atoms with van der Waals surface area (Å²) in [7, 11) is 0. The Labute approximate surface area is 128 Å². The highest BCUT2D eigenvalue weighted by Crippen LogP contribution is 2.36. The lowest BCUT2D eigenvalue weighted by Crippen LogP contribution is -1.93. The van der Waals surface area contributed by atoms with Crippen molar-refractivity contribution in [3.05, 3.63) is 62.6 Å². The molecule has 0 amide bonds. The standard InChI is InChI=1S/C14H10BrNO3S/c1-9(17)11-7-6-10(8-12(11)15)20-14-5-3-2-4-13(14)16(18)19/h2-8H,1H3. The van der Waals surface area contributed by atoms with Gasteiger partial charge < -0.3 is 0 Å². The molecule has 20 heavy (non-hydrogen) atoms. The second kappa shape index (κ2) is 6.19. The van der Waals surface area contributed by atoms with Gasteiger partial charge >= 0.3 is 0 Å². The first-order valence-corrected chi connectivity index (χ1v) is 7.31. The van der Waals surface area contributed by atoms with Crippen LogP contribution in [0.5, 0.6) is 0 Å². The topological polar surface area (TPSA) is 60.2 Å². The fraction of sp³-hybridized carbons (Fsp3) is 0.0714. The van der Waals surface area contributed by atoms with E-state index < -0.39 is 4.92 Å². The molecule has 0 atom stereocenters. The predicted molar refractivity (Wildman–Crippen MR) is 81.4 cm³/mol. The number of nitro benzene ring substituents is 1. The maximum atomic E-state index is 11.4. The molecular formula is C14H10BrNO3S. The summed E-state index contributed by atoms with van der Waals surface area (Å²) in [5, 5.41) is 11.0. The summed E-state index contributed by atoms with van der Waals surface area (Å²) >= 11 is 4.63. The number of nitro groups is 1. The second-order valence-corrected chi connectivity index (χ2v) is 5.99. The summed E-state index contributed by atoms with van der Waals surface area (Å²) in [5.74, 6) is -0.0286. The van der Waals surface area contributed by atoms with Crippen LogP contribution in [0.4, 0.5) is 5.69 Å². The minimum Gasteiger partial charge on any atom is -0.294 e. The SMILES string of the molecule is CC(=O)c1ccc(Sc2ccccc2[N+](=O)[O-])cc1Br. The normalized spacial score (nSPS) is 10.3. The minimum atomic E-state index is -0.401. The molecule has 0 saturated heterocycles. The van der Waals surface area contributed by atoms with Gasteiger partial charge in [-0.3, -0.25) is 14.9 Å². The maximum Gasteiger partial charge on any atom is 0.283 e. The smallest absolute Gasteiger partial charge is 0.283 e. The van der Waals surface area contributed by atoms with Crippen molar-refractivity contribution in [3.63, 3.8) is 0 Å². The fourth-order valence-corrected chi connectivity index (χ4v) is 3.44. The molecule has 0 bridgehead atoms. The molecular weight excluding hydrogens is 342 g/mol. The molecule has 0 saturated carbocycles. The highest BCUT2D eigenvalue weighted by molar-refractivity contribution is 9.10. The molecule has 2 rings (SSSR count). The van der Waals surface area contributed by atoms with E-state index in [4.69, 9.17) is 0 Å². The zero-order valence-corrected chi connectivity index (χ0v) is 12.9. The zero-order chi connectivity index (χ0) is 14.7. The van der Waals surface area contributed by atoms with E-state index in [0.717, 1.165) is 4.90 Å². The van der Waals surface area contributed by atoms with Gasteiger partial charge in [0.05, 0.1) is 9.82 Å². The Morgan fingerprint density at radius 2 is 1.95 bits per heavy atom. The van der Waals surface area contributed by atoms with Crippen LogP contribution in [0.1, 0.15) is 17.3 Å². The van der Waals surface area contributed by atoms with E-state index in [1.165, 1.54) is 24.8 Å². The minimum absolute atomic E-state index is 0.0286. The first-order valence-electron chi connectivity index (χ1n) is 5.71. The first-order chi connectivity index (χ1) is 9.49. The van der Waals surface area contributed by atoms with Crippen LogP contribution < -0.4 is 0 Å². The molecule has 0 fully saturated rings. The number of halogens is 1. The molecule has 0 aliphatic rings. The van der Waals surface area contributed by atoms with Crippen molar-refractivity contribution in [2.45, 2.75) is 16.7 Å². The molecule has 2 aromatic rings. The number of ketones is 1. The number of Topliss-reactive ketones (excluding diaryl/α,β-unsaturated/α-hetero) is 1. The third-order valence-corrected chi connectivity index (χ3v) is 4.32. The lowest BCUT2D eigenvalue weighted by molar-refractivity contribution is -0.387. The monoisotopic (exact) mass is 351 g/mol. The van der Waals surface area contributed by atoms with Gasteiger partial charge in [0.15, 0.2) is 5.78 Å². The Kier molecular flexibility index (Phi) is 4.57. The average Bonchev–Trinajstić information content (AvgIpc) is 2.38. The Hall–Kier alpha value is -1.66. The molecule has 0 unspecified atom stereocenters. The number of hydrogen-bond donors (Lipinski definition) is 0. The molecule has 102 valence electrons. The van der Waals surface area contributed by atoms with Gasteiger partial charge in [-0.1, -0.05) is 39.8 Å². The zero-order valence-electron chi connectivity index (χ0n) is 10.5. The van der Waals surface area contributed by atoms with Gasteiger partial charge in [0, 0.05) is 21.0 Å². The summed E-state index contributed by atoms with van der Waals surface area (Å²) in [6.07, 6.45) is 0. The lowest BCUT2D eigenvalue weighted by Gasteiger charge is -2.05. The Bertz CT molecular complexity index is 688. The Balaban J connectivity index is 2.34. The van der Waals surface area contributed by atoms with Gasteiger partial charge in [-0.15, -0.1) is 0 Å². The van der Waals surface area contributed by atoms with E-state index in [1.807, 2.05) is 0 Å². The first kappa shape index (κ1) is 14.7. The number of hydrogen-bond acceptors (Lipinski definition) is 4.